The van der Waals surface area contributed by atoms with Crippen LogP contribution in [0.15, 0.2) is 30.5 Å². The van der Waals surface area contributed by atoms with E-state index >= 15 is 0 Å². The maximum atomic E-state index is 13.8. The van der Waals surface area contributed by atoms with Crippen LogP contribution in [0.25, 0.3) is 10.9 Å². The fraction of sp³-hybridized carbons (Fsp3) is 0.656. The molecule has 0 bridgehead atoms. The Hall–Kier alpha value is -2.99. The number of hydrogen-bond acceptors (Lipinski definition) is 7. The van der Waals surface area contributed by atoms with Gasteiger partial charge >= 0.3 is 0 Å². The minimum Gasteiger partial charge on any atom is -0.389 e. The summed E-state index contributed by atoms with van der Waals surface area (Å²) in [5.74, 6) is -0.970. The fourth-order valence-corrected chi connectivity index (χ4v) is 6.30. The highest BCUT2D eigenvalue weighted by Crippen LogP contribution is 2.29. The van der Waals surface area contributed by atoms with Crippen LogP contribution in [0.4, 0.5) is 0 Å². The molecule has 11 heteroatoms. The number of amides is 3. The molecule has 0 radical (unpaired) electrons. The normalized spacial score (nSPS) is 22.4. The molecule has 11 nitrogen and oxygen atoms in total. The van der Waals surface area contributed by atoms with E-state index < -0.39 is 30.1 Å². The van der Waals surface area contributed by atoms with Gasteiger partial charge in [-0.05, 0) is 36.8 Å². The Labute approximate surface area is 254 Å². The molecular weight excluding hydrogens is 552 g/mol. The van der Waals surface area contributed by atoms with Crippen LogP contribution in [-0.4, -0.2) is 102 Å². The lowest BCUT2D eigenvalue weighted by Crippen LogP contribution is -2.54. The first-order valence-corrected chi connectivity index (χ1v) is 15.5. The maximum absolute atomic E-state index is 13.8. The number of nitrogens with one attached hydrogen (secondary N) is 2. The molecule has 0 spiro atoms. The van der Waals surface area contributed by atoms with Gasteiger partial charge in [0.25, 0.3) is 5.91 Å². The van der Waals surface area contributed by atoms with Crippen molar-refractivity contribution < 1.29 is 33.8 Å². The largest absolute Gasteiger partial charge is 0.389 e. The predicted molar refractivity (Wildman–Crippen MR) is 162 cm³/mol. The van der Waals surface area contributed by atoms with Crippen molar-refractivity contribution >= 4 is 28.6 Å². The number of methoxy groups -OCH3 is 2. The standard InChI is InChI=1S/C32H48N4O7/c1-6-20(2)14-24(41-4)16-29(38)35-13-9-12-28(35)30(42-5)21(3)31(39)34-27(32(40)36-18-23(37)19-43-36)15-22-17-33-26-11-8-7-10-25(22)26/h7-8,10-11,17,20-21,23-24,27-28,30,33,37H,6,9,12-16,18-19H2,1-5H3,(H,34,39)/t20-,21+,23?,24-,27-,28-,30+/m0/s1. The van der Waals surface area contributed by atoms with Crippen LogP contribution in [0.5, 0.6) is 0 Å². The van der Waals surface area contributed by atoms with E-state index in [1.807, 2.05) is 35.4 Å². The highest BCUT2D eigenvalue weighted by atomic mass is 16.7. The Kier molecular flexibility index (Phi) is 11.6. The maximum Gasteiger partial charge on any atom is 0.269 e. The van der Waals surface area contributed by atoms with Gasteiger partial charge in [-0.15, -0.1) is 0 Å². The van der Waals surface area contributed by atoms with Crippen molar-refractivity contribution in [1.29, 1.82) is 0 Å². The smallest absolute Gasteiger partial charge is 0.269 e. The number of benzene rings is 1. The molecule has 2 aliphatic rings. The molecule has 4 rings (SSSR count). The second-order valence-corrected chi connectivity index (χ2v) is 12.1. The lowest BCUT2D eigenvalue weighted by atomic mass is 9.93. The van der Waals surface area contributed by atoms with Crippen molar-refractivity contribution in [3.05, 3.63) is 36.0 Å². The summed E-state index contributed by atoms with van der Waals surface area (Å²) in [7, 11) is 3.21. The summed E-state index contributed by atoms with van der Waals surface area (Å²) in [5, 5.41) is 15.0. The molecule has 1 aromatic heterocycles. The SMILES string of the molecule is CC[C@H](C)C[C@@H](CC(=O)N1CCC[C@H]1[C@H](OC)[C@@H](C)C(=O)N[C@@H](Cc1c[nH]c2ccccc12)C(=O)N1CC(O)CO1)OC. The molecule has 3 amide bonds. The number of nitrogens with zero attached hydrogens (tertiary/aromatic N) is 2. The monoisotopic (exact) mass is 600 g/mol. The minimum absolute atomic E-state index is 0.00411. The van der Waals surface area contributed by atoms with Gasteiger partial charge in [0, 0.05) is 44.3 Å². The Morgan fingerprint density at radius 2 is 1.95 bits per heavy atom. The Morgan fingerprint density at radius 1 is 1.19 bits per heavy atom. The molecule has 1 unspecified atom stereocenters. The van der Waals surface area contributed by atoms with Crippen LogP contribution in [0.1, 0.15) is 58.4 Å². The number of β-amino-alcohol motifs (C(OH)–C–C–N with tert-alkyl or cyclic N) is 1. The lowest BCUT2D eigenvalue weighted by molar-refractivity contribution is -0.172. The molecule has 0 saturated carbocycles. The number of aliphatic hydroxyl groups excluding tert-OH is 1. The van der Waals surface area contributed by atoms with Crippen LogP contribution < -0.4 is 5.32 Å². The number of para-hydroxylation sites is 1. The Bertz CT molecular complexity index is 1240. The summed E-state index contributed by atoms with van der Waals surface area (Å²) < 4.78 is 11.5. The first kappa shape index (κ1) is 32.9. The highest BCUT2D eigenvalue weighted by Gasteiger charge is 2.41. The summed E-state index contributed by atoms with van der Waals surface area (Å²) in [5.41, 5.74) is 1.81. The lowest BCUT2D eigenvalue weighted by Gasteiger charge is -2.35. The number of carbonyl (C=O) groups is 3. The van der Waals surface area contributed by atoms with E-state index in [2.05, 4.69) is 24.1 Å². The second-order valence-electron chi connectivity index (χ2n) is 12.1. The van der Waals surface area contributed by atoms with Crippen molar-refractivity contribution in [3.8, 4) is 0 Å². The summed E-state index contributed by atoms with van der Waals surface area (Å²) in [6, 6.07) is 6.58. The molecule has 2 aliphatic heterocycles. The van der Waals surface area contributed by atoms with Crippen LogP contribution in [0.3, 0.4) is 0 Å². The summed E-state index contributed by atoms with van der Waals surface area (Å²) >= 11 is 0. The van der Waals surface area contributed by atoms with Crippen LogP contribution >= 0.6 is 0 Å². The molecule has 0 aliphatic carbocycles. The second kappa shape index (κ2) is 15.1. The number of rotatable bonds is 14. The zero-order chi connectivity index (χ0) is 31.1. The number of H-pyrrole nitrogens is 1. The summed E-state index contributed by atoms with van der Waals surface area (Å²) in [6.07, 6.45) is 4.25. The number of aromatic nitrogens is 1. The number of likely N-dealkylation sites (tertiary alicyclic amines) is 1. The average Bonchev–Trinajstić information content (AvgIpc) is 3.76. The number of fused-ring (bicyclic) bond motifs is 1. The molecule has 43 heavy (non-hydrogen) atoms. The fourth-order valence-electron chi connectivity index (χ4n) is 6.30. The van der Waals surface area contributed by atoms with Crippen molar-refractivity contribution in [1.82, 2.24) is 20.3 Å². The molecule has 3 heterocycles. The number of hydroxylamine groups is 2. The number of carbonyl (C=O) groups excluding carboxylic acids is 3. The third-order valence-corrected chi connectivity index (χ3v) is 9.03. The zero-order valence-corrected chi connectivity index (χ0v) is 26.1. The average molecular weight is 601 g/mol. The van der Waals surface area contributed by atoms with Gasteiger partial charge in [-0.25, -0.2) is 5.06 Å². The Balaban J connectivity index is 1.48. The van der Waals surface area contributed by atoms with E-state index in [9.17, 15) is 19.5 Å². The van der Waals surface area contributed by atoms with Crippen molar-refractivity contribution in [2.45, 2.75) is 89.7 Å². The van der Waals surface area contributed by atoms with Gasteiger partial charge in [-0.2, -0.15) is 0 Å². The van der Waals surface area contributed by atoms with E-state index in [1.54, 1.807) is 21.1 Å². The van der Waals surface area contributed by atoms with Crippen LogP contribution in [0, 0.1) is 11.8 Å². The third-order valence-electron chi connectivity index (χ3n) is 9.03. The Morgan fingerprint density at radius 3 is 2.63 bits per heavy atom. The number of aliphatic hydroxyl groups is 1. The molecular formula is C32H48N4O7. The molecule has 2 fully saturated rings. The topological polar surface area (TPSA) is 133 Å². The third kappa shape index (κ3) is 7.94. The number of ether oxygens (including phenoxy) is 2. The van der Waals surface area contributed by atoms with E-state index in [0.717, 1.165) is 47.2 Å². The van der Waals surface area contributed by atoms with Gasteiger partial charge < -0.3 is 29.8 Å². The molecule has 238 valence electrons. The van der Waals surface area contributed by atoms with Crippen molar-refractivity contribution in [2.75, 3.05) is 33.9 Å². The van der Waals surface area contributed by atoms with E-state index in [1.165, 1.54) is 0 Å². The number of hydrogen-bond donors (Lipinski definition) is 3. The molecule has 2 saturated heterocycles. The van der Waals surface area contributed by atoms with Gasteiger partial charge in [-0.3, -0.25) is 19.2 Å². The predicted octanol–water partition coefficient (Wildman–Crippen LogP) is 2.81. The van der Waals surface area contributed by atoms with E-state index in [4.69, 9.17) is 14.3 Å². The molecule has 2 aromatic rings. The summed E-state index contributed by atoms with van der Waals surface area (Å²) in [6.45, 7) is 6.72. The quantitative estimate of drug-likeness (QED) is 0.304. The van der Waals surface area contributed by atoms with Crippen molar-refractivity contribution in [3.63, 3.8) is 0 Å². The molecule has 7 atom stereocenters. The van der Waals surface area contributed by atoms with Gasteiger partial charge in [0.2, 0.25) is 11.8 Å². The van der Waals surface area contributed by atoms with Gasteiger partial charge in [0.05, 0.1) is 37.1 Å². The van der Waals surface area contributed by atoms with Crippen LogP contribution in [-0.2, 0) is 35.1 Å². The first-order chi connectivity index (χ1) is 20.7. The van der Waals surface area contributed by atoms with Gasteiger partial charge in [0.1, 0.15) is 18.8 Å². The highest BCUT2D eigenvalue weighted by molar-refractivity contribution is 5.90. The minimum atomic E-state index is -0.929. The molecule has 1 aromatic carbocycles. The number of aromatic amines is 1. The van der Waals surface area contributed by atoms with E-state index in [-0.39, 0.29) is 50.0 Å². The van der Waals surface area contributed by atoms with Gasteiger partial charge in [-0.1, -0.05) is 45.4 Å². The van der Waals surface area contributed by atoms with Gasteiger partial charge in [0.15, 0.2) is 0 Å². The molecule has 3 N–H and O–H groups in total. The van der Waals surface area contributed by atoms with Crippen molar-refractivity contribution in [2.24, 2.45) is 11.8 Å². The zero-order valence-electron chi connectivity index (χ0n) is 26.1. The van der Waals surface area contributed by atoms with E-state index in [0.29, 0.717) is 12.5 Å². The van der Waals surface area contributed by atoms with Crippen LogP contribution in [0.2, 0.25) is 0 Å². The summed E-state index contributed by atoms with van der Waals surface area (Å²) in [4.78, 5) is 51.2. The first-order valence-electron chi connectivity index (χ1n) is 15.5.